The Morgan fingerprint density at radius 2 is 1.74 bits per heavy atom. The van der Waals surface area contributed by atoms with E-state index in [1.807, 2.05) is 0 Å². The standard InChI is InChI=1S/C17H26N2/c1-13-3-5-14(6-4-13)11-18-12-15-9-16-7-8-17(10-15)19(16)2/h3-6,15-18H,7-12H2,1-2H3. The fourth-order valence-electron chi connectivity index (χ4n) is 3.82. The zero-order valence-corrected chi connectivity index (χ0v) is 12.2. The maximum Gasteiger partial charge on any atom is 0.0205 e. The molecule has 2 bridgehead atoms. The van der Waals surface area contributed by atoms with Gasteiger partial charge in [0.2, 0.25) is 0 Å². The van der Waals surface area contributed by atoms with Crippen molar-refractivity contribution in [3.05, 3.63) is 35.4 Å². The summed E-state index contributed by atoms with van der Waals surface area (Å²) < 4.78 is 0. The fraction of sp³-hybridized carbons (Fsp3) is 0.647. The molecular weight excluding hydrogens is 232 g/mol. The van der Waals surface area contributed by atoms with Crippen molar-refractivity contribution in [3.8, 4) is 0 Å². The molecule has 2 atom stereocenters. The van der Waals surface area contributed by atoms with Gasteiger partial charge < -0.3 is 10.2 Å². The van der Waals surface area contributed by atoms with E-state index in [1.54, 1.807) is 0 Å². The number of aryl methyl sites for hydroxylation is 1. The third kappa shape index (κ3) is 3.01. The molecule has 104 valence electrons. The van der Waals surface area contributed by atoms with E-state index in [1.165, 1.54) is 43.4 Å². The lowest BCUT2D eigenvalue weighted by Crippen LogP contribution is -2.42. The van der Waals surface area contributed by atoms with Gasteiger partial charge in [-0.2, -0.15) is 0 Å². The van der Waals surface area contributed by atoms with Crippen LogP contribution < -0.4 is 5.32 Å². The second-order valence-corrected chi connectivity index (χ2v) is 6.50. The van der Waals surface area contributed by atoms with E-state index < -0.39 is 0 Å². The average Bonchev–Trinajstić information content (AvgIpc) is 2.64. The maximum atomic E-state index is 3.66. The number of rotatable bonds is 4. The van der Waals surface area contributed by atoms with Gasteiger partial charge in [-0.15, -0.1) is 0 Å². The first-order valence-electron chi connectivity index (χ1n) is 7.70. The molecule has 0 aliphatic carbocycles. The van der Waals surface area contributed by atoms with Crippen molar-refractivity contribution in [2.75, 3.05) is 13.6 Å². The number of nitrogens with one attached hydrogen (secondary N) is 1. The van der Waals surface area contributed by atoms with Gasteiger partial charge in [-0.3, -0.25) is 0 Å². The first kappa shape index (κ1) is 13.1. The van der Waals surface area contributed by atoms with Gasteiger partial charge in [0.15, 0.2) is 0 Å². The van der Waals surface area contributed by atoms with Crippen LogP contribution in [0.1, 0.15) is 36.8 Å². The minimum absolute atomic E-state index is 0.866. The molecule has 2 aliphatic heterocycles. The highest BCUT2D eigenvalue weighted by Crippen LogP contribution is 2.36. The van der Waals surface area contributed by atoms with Crippen molar-refractivity contribution in [1.82, 2.24) is 10.2 Å². The average molecular weight is 258 g/mol. The van der Waals surface area contributed by atoms with Crippen molar-refractivity contribution in [3.63, 3.8) is 0 Å². The number of benzene rings is 1. The third-order valence-corrected chi connectivity index (χ3v) is 5.08. The highest BCUT2D eigenvalue weighted by Gasteiger charge is 2.37. The van der Waals surface area contributed by atoms with Crippen molar-refractivity contribution in [2.24, 2.45) is 5.92 Å². The summed E-state index contributed by atoms with van der Waals surface area (Å²) in [6.07, 6.45) is 5.65. The number of hydrogen-bond donors (Lipinski definition) is 1. The Balaban J connectivity index is 1.45. The Hall–Kier alpha value is -0.860. The fourth-order valence-corrected chi connectivity index (χ4v) is 3.82. The largest absolute Gasteiger partial charge is 0.312 e. The molecule has 0 saturated carbocycles. The van der Waals surface area contributed by atoms with E-state index in [0.29, 0.717) is 0 Å². The molecule has 2 unspecified atom stereocenters. The topological polar surface area (TPSA) is 15.3 Å². The first-order valence-corrected chi connectivity index (χ1v) is 7.70. The summed E-state index contributed by atoms with van der Waals surface area (Å²) in [6.45, 7) is 4.35. The Kier molecular flexibility index (Phi) is 3.90. The van der Waals surface area contributed by atoms with Gasteiger partial charge in [0.25, 0.3) is 0 Å². The highest BCUT2D eigenvalue weighted by atomic mass is 15.2. The molecule has 0 amide bonds. The molecule has 1 aromatic rings. The lowest BCUT2D eigenvalue weighted by atomic mass is 9.91. The van der Waals surface area contributed by atoms with Crippen LogP contribution in [0.15, 0.2) is 24.3 Å². The van der Waals surface area contributed by atoms with E-state index in [9.17, 15) is 0 Å². The Labute approximate surface area is 117 Å². The van der Waals surface area contributed by atoms with Crippen LogP contribution in [0, 0.1) is 12.8 Å². The molecule has 1 N–H and O–H groups in total. The first-order chi connectivity index (χ1) is 9.22. The van der Waals surface area contributed by atoms with Crippen LogP contribution >= 0.6 is 0 Å². The lowest BCUT2D eigenvalue weighted by Gasteiger charge is -2.36. The predicted octanol–water partition coefficient (Wildman–Crippen LogP) is 2.96. The molecule has 2 saturated heterocycles. The molecule has 2 aliphatic rings. The number of piperidine rings is 1. The van der Waals surface area contributed by atoms with Crippen molar-refractivity contribution in [1.29, 1.82) is 0 Å². The lowest BCUT2D eigenvalue weighted by molar-refractivity contribution is 0.133. The molecule has 2 fully saturated rings. The maximum absolute atomic E-state index is 3.66. The van der Waals surface area contributed by atoms with Crippen molar-refractivity contribution >= 4 is 0 Å². The van der Waals surface area contributed by atoms with E-state index in [-0.39, 0.29) is 0 Å². The normalized spacial score (nSPS) is 30.7. The van der Waals surface area contributed by atoms with Crippen LogP contribution in [0.5, 0.6) is 0 Å². The van der Waals surface area contributed by atoms with Gasteiger partial charge >= 0.3 is 0 Å². The van der Waals surface area contributed by atoms with Crippen LogP contribution in [0.4, 0.5) is 0 Å². The summed E-state index contributed by atoms with van der Waals surface area (Å²) in [6, 6.07) is 10.6. The molecule has 2 heteroatoms. The van der Waals surface area contributed by atoms with Gasteiger partial charge in [0.05, 0.1) is 0 Å². The van der Waals surface area contributed by atoms with E-state index in [0.717, 1.165) is 24.5 Å². The second kappa shape index (κ2) is 5.64. The van der Waals surface area contributed by atoms with Crippen LogP contribution in [-0.2, 0) is 6.54 Å². The molecule has 0 spiro atoms. The Morgan fingerprint density at radius 1 is 1.11 bits per heavy atom. The van der Waals surface area contributed by atoms with Gasteiger partial charge in [0, 0.05) is 18.6 Å². The van der Waals surface area contributed by atoms with Crippen LogP contribution in [0.2, 0.25) is 0 Å². The minimum Gasteiger partial charge on any atom is -0.312 e. The molecule has 1 aromatic carbocycles. The van der Waals surface area contributed by atoms with Crippen molar-refractivity contribution < 1.29 is 0 Å². The smallest absolute Gasteiger partial charge is 0.0205 e. The van der Waals surface area contributed by atoms with E-state index in [4.69, 9.17) is 0 Å². The monoisotopic (exact) mass is 258 g/mol. The van der Waals surface area contributed by atoms with Crippen molar-refractivity contribution in [2.45, 2.75) is 51.2 Å². The molecule has 2 heterocycles. The highest BCUT2D eigenvalue weighted by molar-refractivity contribution is 5.21. The quantitative estimate of drug-likeness (QED) is 0.893. The van der Waals surface area contributed by atoms with Gasteiger partial charge in [-0.1, -0.05) is 29.8 Å². The summed E-state index contributed by atoms with van der Waals surface area (Å²) in [5.74, 6) is 0.888. The number of fused-ring (bicyclic) bond motifs is 2. The van der Waals surface area contributed by atoms with E-state index in [2.05, 4.69) is 48.5 Å². The van der Waals surface area contributed by atoms with Gasteiger partial charge in [-0.25, -0.2) is 0 Å². The summed E-state index contributed by atoms with van der Waals surface area (Å²) in [5, 5.41) is 3.66. The molecule has 0 radical (unpaired) electrons. The summed E-state index contributed by atoms with van der Waals surface area (Å²) in [4.78, 5) is 2.62. The Bertz CT molecular complexity index is 398. The molecule has 0 aromatic heterocycles. The third-order valence-electron chi connectivity index (χ3n) is 5.08. The molecule has 2 nitrogen and oxygen atoms in total. The predicted molar refractivity (Wildman–Crippen MR) is 80.2 cm³/mol. The number of nitrogens with zero attached hydrogens (tertiary/aromatic N) is 1. The SMILES string of the molecule is Cc1ccc(CNCC2CC3CCC(C2)N3C)cc1. The van der Waals surface area contributed by atoms with Gasteiger partial charge in [0.1, 0.15) is 0 Å². The molecule has 19 heavy (non-hydrogen) atoms. The summed E-state index contributed by atoms with van der Waals surface area (Å²) in [7, 11) is 2.32. The Morgan fingerprint density at radius 3 is 2.37 bits per heavy atom. The van der Waals surface area contributed by atoms with Crippen LogP contribution in [0.25, 0.3) is 0 Å². The second-order valence-electron chi connectivity index (χ2n) is 6.50. The summed E-state index contributed by atoms with van der Waals surface area (Å²) in [5.41, 5.74) is 2.75. The molecular formula is C17H26N2. The van der Waals surface area contributed by atoms with E-state index >= 15 is 0 Å². The van der Waals surface area contributed by atoms with Crippen LogP contribution in [0.3, 0.4) is 0 Å². The van der Waals surface area contributed by atoms with Crippen LogP contribution in [-0.4, -0.2) is 30.6 Å². The molecule has 3 rings (SSSR count). The number of hydrogen-bond acceptors (Lipinski definition) is 2. The summed E-state index contributed by atoms with van der Waals surface area (Å²) >= 11 is 0. The zero-order chi connectivity index (χ0) is 13.2. The zero-order valence-electron chi connectivity index (χ0n) is 12.2. The van der Waals surface area contributed by atoms with Gasteiger partial charge in [-0.05, 0) is 57.7 Å². The minimum atomic E-state index is 0.866.